The smallest absolute Gasteiger partial charge is 0.156 e. The van der Waals surface area contributed by atoms with Crippen molar-refractivity contribution < 1.29 is 9.47 Å². The zero-order valence-electron chi connectivity index (χ0n) is 10.7. The molecule has 0 heterocycles. The van der Waals surface area contributed by atoms with Gasteiger partial charge < -0.3 is 9.47 Å². The summed E-state index contributed by atoms with van der Waals surface area (Å²) >= 11 is 3.63. The Hall–Kier alpha value is -1.22. The molecule has 96 valence electrons. The number of hydrogen-bond donors (Lipinski definition) is 0. The molecule has 18 heavy (non-hydrogen) atoms. The normalized spacial score (nSPS) is 23.1. The summed E-state index contributed by atoms with van der Waals surface area (Å²) in [7, 11) is 3.36. The first-order chi connectivity index (χ1) is 8.75. The van der Waals surface area contributed by atoms with Gasteiger partial charge in [0.15, 0.2) is 5.76 Å². The standard InChI is InChI=1S/C15H17BrO2/c1-17-13-8-9-15(11-16,10-14(13)18-2)12-6-4-3-5-7-12/h3-9H,10-11H2,1-2H3. The van der Waals surface area contributed by atoms with E-state index in [1.807, 2.05) is 12.1 Å². The molecule has 2 rings (SSSR count). The van der Waals surface area contributed by atoms with Crippen LogP contribution in [-0.2, 0) is 14.9 Å². The highest BCUT2D eigenvalue weighted by atomic mass is 79.9. The Morgan fingerprint density at radius 2 is 1.89 bits per heavy atom. The van der Waals surface area contributed by atoms with E-state index in [9.17, 15) is 0 Å². The molecule has 0 aliphatic heterocycles. The third-order valence-corrected chi connectivity index (χ3v) is 4.36. The Morgan fingerprint density at radius 3 is 2.44 bits per heavy atom. The summed E-state index contributed by atoms with van der Waals surface area (Å²) in [5.74, 6) is 1.70. The van der Waals surface area contributed by atoms with E-state index in [0.717, 1.165) is 23.3 Å². The number of hydrogen-bond acceptors (Lipinski definition) is 2. The first-order valence-electron chi connectivity index (χ1n) is 5.87. The van der Waals surface area contributed by atoms with Gasteiger partial charge in [0.2, 0.25) is 0 Å². The van der Waals surface area contributed by atoms with Crippen LogP contribution < -0.4 is 0 Å². The van der Waals surface area contributed by atoms with Gasteiger partial charge in [-0.3, -0.25) is 0 Å². The maximum absolute atomic E-state index is 5.46. The van der Waals surface area contributed by atoms with Gasteiger partial charge in [0.25, 0.3) is 0 Å². The lowest BCUT2D eigenvalue weighted by Crippen LogP contribution is -2.29. The van der Waals surface area contributed by atoms with Crippen LogP contribution in [0, 0.1) is 0 Å². The van der Waals surface area contributed by atoms with Crippen molar-refractivity contribution in [3.8, 4) is 0 Å². The number of ether oxygens (including phenoxy) is 2. The highest BCUT2D eigenvalue weighted by Crippen LogP contribution is 2.39. The zero-order valence-corrected chi connectivity index (χ0v) is 12.2. The Balaban J connectivity index is 2.39. The molecule has 1 atom stereocenters. The fraction of sp³-hybridized carbons (Fsp3) is 0.333. The van der Waals surface area contributed by atoms with Crippen molar-refractivity contribution in [2.75, 3.05) is 19.5 Å². The van der Waals surface area contributed by atoms with Crippen LogP contribution in [0.3, 0.4) is 0 Å². The maximum atomic E-state index is 5.46. The monoisotopic (exact) mass is 308 g/mol. The fourth-order valence-corrected chi connectivity index (χ4v) is 2.96. The second-order valence-corrected chi connectivity index (χ2v) is 4.92. The molecule has 0 bridgehead atoms. The van der Waals surface area contributed by atoms with Crippen molar-refractivity contribution in [2.24, 2.45) is 0 Å². The first-order valence-corrected chi connectivity index (χ1v) is 7.00. The summed E-state index contributed by atoms with van der Waals surface area (Å²) in [6.07, 6.45) is 4.99. The van der Waals surface area contributed by atoms with Crippen molar-refractivity contribution in [2.45, 2.75) is 11.8 Å². The van der Waals surface area contributed by atoms with Gasteiger partial charge in [0.05, 0.1) is 14.2 Å². The number of benzene rings is 1. The third kappa shape index (κ3) is 2.32. The van der Waals surface area contributed by atoms with Gasteiger partial charge in [0.1, 0.15) is 5.76 Å². The molecule has 0 radical (unpaired) electrons. The number of methoxy groups -OCH3 is 2. The summed E-state index contributed by atoms with van der Waals surface area (Å²) in [6.45, 7) is 0. The molecule has 0 spiro atoms. The molecule has 0 amide bonds. The Morgan fingerprint density at radius 1 is 1.17 bits per heavy atom. The lowest BCUT2D eigenvalue weighted by molar-refractivity contribution is 0.207. The molecule has 0 saturated heterocycles. The SMILES string of the molecule is COC1=C(OC)CC(CBr)(c2ccccc2)C=C1. The summed E-state index contributed by atoms with van der Waals surface area (Å²) in [4.78, 5) is 0. The number of allylic oxidation sites excluding steroid dienone is 3. The molecule has 1 aliphatic carbocycles. The molecular weight excluding hydrogens is 292 g/mol. The average molecular weight is 309 g/mol. The zero-order chi connectivity index (χ0) is 13.0. The molecule has 0 fully saturated rings. The molecule has 0 saturated carbocycles. The maximum Gasteiger partial charge on any atom is 0.156 e. The lowest BCUT2D eigenvalue weighted by atomic mass is 9.76. The second-order valence-electron chi connectivity index (χ2n) is 4.36. The van der Waals surface area contributed by atoms with Gasteiger partial charge in [-0.15, -0.1) is 0 Å². The van der Waals surface area contributed by atoms with Crippen molar-refractivity contribution in [3.05, 3.63) is 59.6 Å². The summed E-state index contributed by atoms with van der Waals surface area (Å²) in [5.41, 5.74) is 1.22. The highest BCUT2D eigenvalue weighted by Gasteiger charge is 2.34. The summed E-state index contributed by atoms with van der Waals surface area (Å²) < 4.78 is 10.8. The third-order valence-electron chi connectivity index (χ3n) is 3.36. The van der Waals surface area contributed by atoms with Crippen LogP contribution >= 0.6 is 15.9 Å². The van der Waals surface area contributed by atoms with Crippen LogP contribution in [-0.4, -0.2) is 19.5 Å². The van der Waals surface area contributed by atoms with Gasteiger partial charge in [-0.2, -0.15) is 0 Å². The van der Waals surface area contributed by atoms with E-state index >= 15 is 0 Å². The van der Waals surface area contributed by atoms with Gasteiger partial charge in [0, 0.05) is 17.2 Å². The number of halogens is 1. The predicted octanol–water partition coefficient (Wildman–Crippen LogP) is 3.78. The molecule has 0 aromatic heterocycles. The highest BCUT2D eigenvalue weighted by molar-refractivity contribution is 9.09. The van der Waals surface area contributed by atoms with E-state index < -0.39 is 0 Å². The van der Waals surface area contributed by atoms with E-state index in [2.05, 4.69) is 46.3 Å². The van der Waals surface area contributed by atoms with Crippen LogP contribution in [0.5, 0.6) is 0 Å². The average Bonchev–Trinajstić information content (AvgIpc) is 2.47. The van der Waals surface area contributed by atoms with Crippen molar-refractivity contribution in [1.82, 2.24) is 0 Å². The molecule has 1 aromatic carbocycles. The largest absolute Gasteiger partial charge is 0.497 e. The minimum atomic E-state index is -0.0609. The lowest BCUT2D eigenvalue weighted by Gasteiger charge is -2.33. The van der Waals surface area contributed by atoms with E-state index in [-0.39, 0.29) is 5.41 Å². The molecule has 3 heteroatoms. The van der Waals surface area contributed by atoms with Crippen LogP contribution in [0.1, 0.15) is 12.0 Å². The van der Waals surface area contributed by atoms with E-state index in [1.165, 1.54) is 5.56 Å². The quantitative estimate of drug-likeness (QED) is 0.788. The Bertz CT molecular complexity index is 465. The van der Waals surface area contributed by atoms with Crippen molar-refractivity contribution in [3.63, 3.8) is 0 Å². The van der Waals surface area contributed by atoms with Gasteiger partial charge in [-0.25, -0.2) is 0 Å². The summed E-state index contributed by atoms with van der Waals surface area (Å²) in [5, 5.41) is 0.852. The van der Waals surface area contributed by atoms with Crippen LogP contribution in [0.25, 0.3) is 0 Å². The molecular formula is C15H17BrO2. The number of rotatable bonds is 4. The molecule has 2 nitrogen and oxygen atoms in total. The van der Waals surface area contributed by atoms with Crippen LogP contribution in [0.2, 0.25) is 0 Å². The number of alkyl halides is 1. The topological polar surface area (TPSA) is 18.5 Å². The molecule has 0 N–H and O–H groups in total. The van der Waals surface area contributed by atoms with Gasteiger partial charge >= 0.3 is 0 Å². The molecule has 1 unspecified atom stereocenters. The fourth-order valence-electron chi connectivity index (χ4n) is 2.25. The Labute approximate surface area is 116 Å². The molecule has 1 aromatic rings. The van der Waals surface area contributed by atoms with Crippen LogP contribution in [0.4, 0.5) is 0 Å². The summed E-state index contributed by atoms with van der Waals surface area (Å²) in [6, 6.07) is 10.5. The first kappa shape index (κ1) is 13.2. The van der Waals surface area contributed by atoms with Crippen molar-refractivity contribution in [1.29, 1.82) is 0 Å². The minimum Gasteiger partial charge on any atom is -0.497 e. The molecule has 1 aliphatic rings. The van der Waals surface area contributed by atoms with E-state index in [1.54, 1.807) is 14.2 Å². The van der Waals surface area contributed by atoms with Crippen LogP contribution in [0.15, 0.2) is 54.0 Å². The van der Waals surface area contributed by atoms with E-state index in [4.69, 9.17) is 9.47 Å². The second kappa shape index (κ2) is 5.61. The van der Waals surface area contributed by atoms with Crippen molar-refractivity contribution >= 4 is 15.9 Å². The predicted molar refractivity (Wildman–Crippen MR) is 76.7 cm³/mol. The van der Waals surface area contributed by atoms with Gasteiger partial charge in [-0.05, 0) is 11.6 Å². The Kier molecular flexibility index (Phi) is 4.12. The van der Waals surface area contributed by atoms with E-state index in [0.29, 0.717) is 0 Å². The van der Waals surface area contributed by atoms with Gasteiger partial charge in [-0.1, -0.05) is 52.3 Å². The minimum absolute atomic E-state index is 0.0609.